The number of hydrogen-bond donors (Lipinski definition) is 0. The van der Waals surface area contributed by atoms with E-state index in [2.05, 4.69) is 21.0 Å². The van der Waals surface area contributed by atoms with Crippen molar-refractivity contribution in [2.24, 2.45) is 13.0 Å². The summed E-state index contributed by atoms with van der Waals surface area (Å²) in [7, 11) is 1.87. The molecule has 13 heavy (non-hydrogen) atoms. The molecule has 0 saturated heterocycles. The lowest BCUT2D eigenvalue weighted by atomic mass is 10.0. The largest absolute Gasteiger partial charge is 0.303 e. The Balaban J connectivity index is 2.35. The second kappa shape index (κ2) is 3.25. The fourth-order valence-corrected chi connectivity index (χ4v) is 2.26. The van der Waals surface area contributed by atoms with E-state index in [9.17, 15) is 4.79 Å². The van der Waals surface area contributed by atoms with Crippen LogP contribution in [-0.4, -0.2) is 16.1 Å². The molecule has 0 aromatic carbocycles. The molecule has 0 spiro atoms. The van der Waals surface area contributed by atoms with Crippen molar-refractivity contribution in [2.45, 2.75) is 18.8 Å². The van der Waals surface area contributed by atoms with Crippen molar-refractivity contribution >= 4 is 22.2 Å². The highest BCUT2D eigenvalue weighted by molar-refractivity contribution is 9.10. The number of aryl methyl sites for hydroxylation is 1. The minimum absolute atomic E-state index is 0.0295. The normalized spacial score (nSPS) is 18.6. The smallest absolute Gasteiger partial charge is 0.129 e. The predicted molar refractivity (Wildman–Crippen MR) is 52.4 cm³/mol. The van der Waals surface area contributed by atoms with E-state index in [1.165, 1.54) is 12.8 Å². The summed E-state index contributed by atoms with van der Waals surface area (Å²) in [5.74, 6) is 0.575. The van der Waals surface area contributed by atoms with Crippen molar-refractivity contribution in [3.8, 4) is 0 Å². The number of nitrogens with zero attached hydrogens (tertiary/aromatic N) is 2. The highest BCUT2D eigenvalue weighted by Gasteiger charge is 2.34. The number of halogens is 1. The molecule has 1 fully saturated rings. The van der Waals surface area contributed by atoms with Crippen molar-refractivity contribution in [3.05, 3.63) is 16.4 Å². The van der Waals surface area contributed by atoms with Gasteiger partial charge in [-0.25, -0.2) is 0 Å². The van der Waals surface area contributed by atoms with Gasteiger partial charge in [0.25, 0.3) is 0 Å². The van der Waals surface area contributed by atoms with E-state index in [-0.39, 0.29) is 5.92 Å². The average molecular weight is 243 g/mol. The molecule has 1 aliphatic rings. The molecule has 1 aromatic heterocycles. The maximum absolute atomic E-state index is 10.9. The second-order valence-corrected chi connectivity index (χ2v) is 4.35. The van der Waals surface area contributed by atoms with Crippen LogP contribution in [0.4, 0.5) is 0 Å². The van der Waals surface area contributed by atoms with Gasteiger partial charge in [-0.1, -0.05) is 0 Å². The molecule has 1 aromatic rings. The SMILES string of the molecule is Cn1ncc(Br)c1C(C=O)C1CC1. The molecule has 1 aliphatic carbocycles. The molecule has 0 N–H and O–H groups in total. The average Bonchev–Trinajstić information content (AvgIpc) is 2.88. The summed E-state index contributed by atoms with van der Waals surface area (Å²) in [5.41, 5.74) is 1.01. The molecule has 1 atom stereocenters. The van der Waals surface area contributed by atoms with E-state index < -0.39 is 0 Å². The molecule has 0 amide bonds. The van der Waals surface area contributed by atoms with Crippen molar-refractivity contribution < 1.29 is 4.79 Å². The molecule has 2 rings (SSSR count). The van der Waals surface area contributed by atoms with Crippen molar-refractivity contribution in [2.75, 3.05) is 0 Å². The second-order valence-electron chi connectivity index (χ2n) is 3.50. The Labute approximate surface area is 85.3 Å². The van der Waals surface area contributed by atoms with Gasteiger partial charge in [-0.2, -0.15) is 5.10 Å². The Hall–Kier alpha value is -0.640. The Kier molecular flexibility index (Phi) is 2.24. The van der Waals surface area contributed by atoms with Crippen LogP contribution >= 0.6 is 15.9 Å². The van der Waals surface area contributed by atoms with Crippen LogP contribution in [0.3, 0.4) is 0 Å². The molecule has 0 bridgehead atoms. The third kappa shape index (κ3) is 1.55. The van der Waals surface area contributed by atoms with Crippen LogP contribution in [0.15, 0.2) is 10.7 Å². The summed E-state index contributed by atoms with van der Waals surface area (Å²) in [6, 6.07) is 0. The number of aldehydes is 1. The zero-order valence-electron chi connectivity index (χ0n) is 7.40. The first kappa shape index (κ1) is 8.94. The lowest BCUT2D eigenvalue weighted by molar-refractivity contribution is -0.109. The fourth-order valence-electron chi connectivity index (χ4n) is 1.65. The van der Waals surface area contributed by atoms with Gasteiger partial charge in [-0.05, 0) is 34.7 Å². The van der Waals surface area contributed by atoms with E-state index in [1.54, 1.807) is 10.9 Å². The molecule has 1 saturated carbocycles. The molecule has 3 nitrogen and oxygen atoms in total. The molecule has 1 unspecified atom stereocenters. The van der Waals surface area contributed by atoms with E-state index in [1.807, 2.05) is 7.05 Å². The van der Waals surface area contributed by atoms with Crippen LogP contribution in [0.1, 0.15) is 24.5 Å². The third-order valence-corrected chi connectivity index (χ3v) is 3.14. The monoisotopic (exact) mass is 242 g/mol. The maximum Gasteiger partial charge on any atom is 0.129 e. The standard InChI is InChI=1S/C9H11BrN2O/c1-12-9(8(10)4-11-12)7(5-13)6-2-3-6/h4-7H,2-3H2,1H3. The van der Waals surface area contributed by atoms with E-state index in [0.29, 0.717) is 5.92 Å². The molecule has 0 radical (unpaired) electrons. The lowest BCUT2D eigenvalue weighted by Crippen LogP contribution is -2.09. The van der Waals surface area contributed by atoms with Crippen molar-refractivity contribution in [1.29, 1.82) is 0 Å². The summed E-state index contributed by atoms with van der Waals surface area (Å²) in [4.78, 5) is 10.9. The Morgan fingerprint density at radius 3 is 2.85 bits per heavy atom. The summed E-state index contributed by atoms with van der Waals surface area (Å²) in [5, 5.41) is 4.11. The highest BCUT2D eigenvalue weighted by Crippen LogP contribution is 2.42. The molecule has 0 aliphatic heterocycles. The summed E-state index contributed by atoms with van der Waals surface area (Å²) >= 11 is 3.41. The van der Waals surface area contributed by atoms with Crippen LogP contribution in [0.25, 0.3) is 0 Å². The van der Waals surface area contributed by atoms with Gasteiger partial charge in [-0.3, -0.25) is 4.68 Å². The number of aromatic nitrogens is 2. The molecular formula is C9H11BrN2O. The minimum atomic E-state index is 0.0295. The van der Waals surface area contributed by atoms with E-state index >= 15 is 0 Å². The van der Waals surface area contributed by atoms with Gasteiger partial charge in [0, 0.05) is 7.05 Å². The van der Waals surface area contributed by atoms with Gasteiger partial charge in [-0.15, -0.1) is 0 Å². The minimum Gasteiger partial charge on any atom is -0.303 e. The van der Waals surface area contributed by atoms with Crippen LogP contribution < -0.4 is 0 Å². The van der Waals surface area contributed by atoms with Gasteiger partial charge >= 0.3 is 0 Å². The van der Waals surface area contributed by atoms with Crippen molar-refractivity contribution in [1.82, 2.24) is 9.78 Å². The first-order valence-electron chi connectivity index (χ1n) is 4.36. The van der Waals surface area contributed by atoms with Gasteiger partial charge in [0.05, 0.1) is 22.3 Å². The van der Waals surface area contributed by atoms with Gasteiger partial charge in [0.15, 0.2) is 0 Å². The topological polar surface area (TPSA) is 34.9 Å². The van der Waals surface area contributed by atoms with Crippen LogP contribution in [0.2, 0.25) is 0 Å². The molecule has 70 valence electrons. The Morgan fingerprint density at radius 2 is 2.46 bits per heavy atom. The number of carbonyl (C=O) groups is 1. The number of hydrogen-bond acceptors (Lipinski definition) is 2. The zero-order chi connectivity index (χ0) is 9.42. The number of carbonyl (C=O) groups excluding carboxylic acids is 1. The van der Waals surface area contributed by atoms with E-state index in [0.717, 1.165) is 16.5 Å². The summed E-state index contributed by atoms with van der Waals surface area (Å²) < 4.78 is 2.72. The van der Waals surface area contributed by atoms with Crippen LogP contribution in [-0.2, 0) is 11.8 Å². The van der Waals surface area contributed by atoms with Crippen LogP contribution in [0.5, 0.6) is 0 Å². The zero-order valence-corrected chi connectivity index (χ0v) is 8.99. The first-order valence-corrected chi connectivity index (χ1v) is 5.16. The van der Waals surface area contributed by atoms with Gasteiger partial charge < -0.3 is 4.79 Å². The van der Waals surface area contributed by atoms with Gasteiger partial charge in [0.2, 0.25) is 0 Å². The van der Waals surface area contributed by atoms with Gasteiger partial charge in [0.1, 0.15) is 6.29 Å². The van der Waals surface area contributed by atoms with Crippen LogP contribution in [0, 0.1) is 5.92 Å². The highest BCUT2D eigenvalue weighted by atomic mass is 79.9. The Morgan fingerprint density at radius 1 is 1.77 bits per heavy atom. The predicted octanol–water partition coefficient (Wildman–Crippen LogP) is 1.88. The fraction of sp³-hybridized carbons (Fsp3) is 0.556. The first-order chi connectivity index (χ1) is 6.24. The summed E-state index contributed by atoms with van der Waals surface area (Å²) in [6.45, 7) is 0. The third-order valence-electron chi connectivity index (χ3n) is 2.53. The Bertz CT molecular complexity index is 311. The quantitative estimate of drug-likeness (QED) is 0.759. The van der Waals surface area contributed by atoms with Crippen molar-refractivity contribution in [3.63, 3.8) is 0 Å². The maximum atomic E-state index is 10.9. The summed E-state index contributed by atoms with van der Waals surface area (Å²) in [6.07, 6.45) is 5.12. The molecule has 1 heterocycles. The molecular weight excluding hydrogens is 232 g/mol. The lowest BCUT2D eigenvalue weighted by Gasteiger charge is -2.09. The number of rotatable bonds is 3. The van der Waals surface area contributed by atoms with E-state index in [4.69, 9.17) is 0 Å². The molecule has 4 heteroatoms.